The summed E-state index contributed by atoms with van der Waals surface area (Å²) in [6.07, 6.45) is 0. The number of benzene rings is 2. The van der Waals surface area contributed by atoms with Crippen molar-refractivity contribution in [3.63, 3.8) is 0 Å². The van der Waals surface area contributed by atoms with Gasteiger partial charge in [-0.05, 0) is 26.0 Å². The van der Waals surface area contributed by atoms with E-state index in [1.54, 1.807) is 14.2 Å². The van der Waals surface area contributed by atoms with Gasteiger partial charge in [-0.2, -0.15) is 4.98 Å². The Morgan fingerprint density at radius 3 is 2.33 bits per heavy atom. The van der Waals surface area contributed by atoms with Crippen molar-refractivity contribution >= 4 is 17.5 Å². The fourth-order valence-corrected chi connectivity index (χ4v) is 2.66. The van der Waals surface area contributed by atoms with Crippen LogP contribution in [0.3, 0.4) is 0 Å². The third kappa shape index (κ3) is 4.67. The van der Waals surface area contributed by atoms with Crippen molar-refractivity contribution in [3.05, 3.63) is 54.6 Å². The molecular formula is C21H24N4O2. The van der Waals surface area contributed by atoms with Gasteiger partial charge >= 0.3 is 0 Å². The van der Waals surface area contributed by atoms with Gasteiger partial charge in [0.25, 0.3) is 0 Å². The summed E-state index contributed by atoms with van der Waals surface area (Å²) in [4.78, 5) is 9.27. The molecule has 0 fully saturated rings. The maximum absolute atomic E-state index is 5.44. The lowest BCUT2D eigenvalue weighted by atomic mass is 10.1. The summed E-state index contributed by atoms with van der Waals surface area (Å²) in [7, 11) is 3.25. The molecule has 3 rings (SSSR count). The van der Waals surface area contributed by atoms with E-state index < -0.39 is 0 Å². The van der Waals surface area contributed by atoms with E-state index in [1.165, 1.54) is 0 Å². The highest BCUT2D eigenvalue weighted by atomic mass is 16.5. The third-order valence-electron chi connectivity index (χ3n) is 3.89. The van der Waals surface area contributed by atoms with Crippen molar-refractivity contribution in [1.29, 1.82) is 0 Å². The van der Waals surface area contributed by atoms with Crippen LogP contribution in [0.1, 0.15) is 13.8 Å². The number of ether oxygens (including phenoxy) is 2. The number of anilines is 3. The molecule has 0 saturated heterocycles. The Morgan fingerprint density at radius 2 is 1.67 bits per heavy atom. The SMILES string of the molecule is COc1ccc(OC)c(Nc2nc(NC(C)C)cc(-c3ccccc3)n2)c1. The fraction of sp³-hybridized carbons (Fsp3) is 0.238. The van der Waals surface area contributed by atoms with Crippen molar-refractivity contribution in [2.24, 2.45) is 0 Å². The van der Waals surface area contributed by atoms with Crippen LogP contribution in [-0.2, 0) is 0 Å². The van der Waals surface area contributed by atoms with Crippen molar-refractivity contribution in [2.45, 2.75) is 19.9 Å². The Labute approximate surface area is 159 Å². The molecule has 140 valence electrons. The van der Waals surface area contributed by atoms with Crippen LogP contribution in [0.2, 0.25) is 0 Å². The summed E-state index contributed by atoms with van der Waals surface area (Å²) in [5, 5.41) is 6.60. The Kier molecular flexibility index (Phi) is 5.76. The van der Waals surface area contributed by atoms with Gasteiger partial charge in [0.2, 0.25) is 5.95 Å². The van der Waals surface area contributed by atoms with Crippen molar-refractivity contribution in [1.82, 2.24) is 9.97 Å². The summed E-state index contributed by atoms with van der Waals surface area (Å²) < 4.78 is 10.8. The standard InChI is InChI=1S/C21H24N4O2/c1-14(2)22-20-13-17(15-8-6-5-7-9-15)23-21(25-20)24-18-12-16(26-3)10-11-19(18)27-4/h5-14H,1-4H3,(H2,22,23,24,25). The molecule has 0 aliphatic rings. The first-order valence-electron chi connectivity index (χ1n) is 8.79. The molecule has 1 heterocycles. The molecule has 0 atom stereocenters. The smallest absolute Gasteiger partial charge is 0.229 e. The molecule has 0 aliphatic carbocycles. The average Bonchev–Trinajstić information content (AvgIpc) is 2.68. The van der Waals surface area contributed by atoms with Crippen LogP contribution in [0.5, 0.6) is 11.5 Å². The molecule has 2 N–H and O–H groups in total. The highest BCUT2D eigenvalue weighted by Gasteiger charge is 2.11. The average molecular weight is 364 g/mol. The zero-order valence-corrected chi connectivity index (χ0v) is 16.0. The van der Waals surface area contributed by atoms with E-state index in [2.05, 4.69) is 34.4 Å². The Balaban J connectivity index is 2.02. The molecule has 6 nitrogen and oxygen atoms in total. The summed E-state index contributed by atoms with van der Waals surface area (Å²) >= 11 is 0. The zero-order valence-electron chi connectivity index (χ0n) is 16.0. The van der Waals surface area contributed by atoms with E-state index in [0.717, 1.165) is 28.5 Å². The van der Waals surface area contributed by atoms with Gasteiger partial charge in [0.05, 0.1) is 25.6 Å². The minimum absolute atomic E-state index is 0.253. The molecule has 3 aromatic rings. The van der Waals surface area contributed by atoms with Gasteiger partial charge in [0.15, 0.2) is 0 Å². The van der Waals surface area contributed by atoms with E-state index >= 15 is 0 Å². The minimum Gasteiger partial charge on any atom is -0.497 e. The van der Waals surface area contributed by atoms with Crippen LogP contribution < -0.4 is 20.1 Å². The van der Waals surface area contributed by atoms with Gasteiger partial charge in [-0.1, -0.05) is 30.3 Å². The van der Waals surface area contributed by atoms with E-state index in [-0.39, 0.29) is 6.04 Å². The molecule has 0 bridgehead atoms. The first-order chi connectivity index (χ1) is 13.1. The molecule has 0 radical (unpaired) electrons. The predicted molar refractivity (Wildman–Crippen MR) is 109 cm³/mol. The fourth-order valence-electron chi connectivity index (χ4n) is 2.66. The number of nitrogens with one attached hydrogen (secondary N) is 2. The zero-order chi connectivity index (χ0) is 19.2. The Hall–Kier alpha value is -3.28. The maximum atomic E-state index is 5.44. The van der Waals surface area contributed by atoms with Crippen molar-refractivity contribution in [2.75, 3.05) is 24.9 Å². The van der Waals surface area contributed by atoms with Crippen LogP contribution in [0.15, 0.2) is 54.6 Å². The highest BCUT2D eigenvalue weighted by Crippen LogP contribution is 2.31. The van der Waals surface area contributed by atoms with E-state index in [0.29, 0.717) is 11.7 Å². The van der Waals surface area contributed by atoms with Gasteiger partial charge in [-0.25, -0.2) is 4.98 Å². The summed E-state index contributed by atoms with van der Waals surface area (Å²) in [6.45, 7) is 4.14. The molecule has 0 saturated carbocycles. The first kappa shape index (κ1) is 18.5. The highest BCUT2D eigenvalue weighted by molar-refractivity contribution is 5.69. The maximum Gasteiger partial charge on any atom is 0.229 e. The molecule has 0 amide bonds. The Morgan fingerprint density at radius 1 is 0.889 bits per heavy atom. The number of methoxy groups -OCH3 is 2. The number of hydrogen-bond acceptors (Lipinski definition) is 6. The topological polar surface area (TPSA) is 68.3 Å². The second-order valence-corrected chi connectivity index (χ2v) is 6.32. The third-order valence-corrected chi connectivity index (χ3v) is 3.89. The lowest BCUT2D eigenvalue weighted by Crippen LogP contribution is -2.12. The normalized spacial score (nSPS) is 10.6. The minimum atomic E-state index is 0.253. The van der Waals surface area contributed by atoms with E-state index in [4.69, 9.17) is 9.47 Å². The molecule has 2 aromatic carbocycles. The van der Waals surface area contributed by atoms with E-state index in [1.807, 2.05) is 54.6 Å². The number of nitrogens with zero attached hydrogens (tertiary/aromatic N) is 2. The molecule has 0 spiro atoms. The molecule has 0 aliphatic heterocycles. The molecule has 0 unspecified atom stereocenters. The van der Waals surface area contributed by atoms with Crippen LogP contribution in [0, 0.1) is 0 Å². The quantitative estimate of drug-likeness (QED) is 0.632. The van der Waals surface area contributed by atoms with Crippen LogP contribution in [-0.4, -0.2) is 30.2 Å². The summed E-state index contributed by atoms with van der Waals surface area (Å²) in [5.41, 5.74) is 2.59. The second kappa shape index (κ2) is 8.40. The van der Waals surface area contributed by atoms with Crippen molar-refractivity contribution < 1.29 is 9.47 Å². The largest absolute Gasteiger partial charge is 0.497 e. The van der Waals surface area contributed by atoms with Crippen LogP contribution in [0.25, 0.3) is 11.3 Å². The van der Waals surface area contributed by atoms with Gasteiger partial charge in [-0.15, -0.1) is 0 Å². The van der Waals surface area contributed by atoms with Crippen molar-refractivity contribution in [3.8, 4) is 22.8 Å². The number of hydrogen-bond donors (Lipinski definition) is 2. The lowest BCUT2D eigenvalue weighted by molar-refractivity contribution is 0.405. The van der Waals surface area contributed by atoms with Gasteiger partial charge < -0.3 is 20.1 Å². The summed E-state index contributed by atoms with van der Waals surface area (Å²) in [6, 6.07) is 17.8. The first-order valence-corrected chi connectivity index (χ1v) is 8.79. The summed E-state index contributed by atoms with van der Waals surface area (Å²) in [5.74, 6) is 2.63. The van der Waals surface area contributed by atoms with Gasteiger partial charge in [0, 0.05) is 23.7 Å². The Bertz CT molecular complexity index is 898. The molecule has 6 heteroatoms. The number of rotatable bonds is 7. The monoisotopic (exact) mass is 364 g/mol. The molecule has 1 aromatic heterocycles. The second-order valence-electron chi connectivity index (χ2n) is 6.32. The van der Waals surface area contributed by atoms with Crippen LogP contribution >= 0.6 is 0 Å². The van der Waals surface area contributed by atoms with Gasteiger partial charge in [-0.3, -0.25) is 0 Å². The van der Waals surface area contributed by atoms with Gasteiger partial charge in [0.1, 0.15) is 17.3 Å². The number of aromatic nitrogens is 2. The molecule has 27 heavy (non-hydrogen) atoms. The lowest BCUT2D eigenvalue weighted by Gasteiger charge is -2.15. The predicted octanol–water partition coefficient (Wildman–Crippen LogP) is 4.72. The van der Waals surface area contributed by atoms with E-state index in [9.17, 15) is 0 Å². The van der Waals surface area contributed by atoms with Crippen LogP contribution in [0.4, 0.5) is 17.5 Å². The molecular weight excluding hydrogens is 340 g/mol.